The first-order valence-corrected chi connectivity index (χ1v) is 9.31. The molecule has 1 aromatic carbocycles. The van der Waals surface area contributed by atoms with Crippen molar-refractivity contribution < 1.29 is 9.53 Å². The number of nitrogens with zero attached hydrogens (tertiary/aromatic N) is 3. The monoisotopic (exact) mass is 366 g/mol. The molecule has 142 valence electrons. The van der Waals surface area contributed by atoms with Gasteiger partial charge in [-0.05, 0) is 5.56 Å². The molecule has 2 heterocycles. The van der Waals surface area contributed by atoms with Gasteiger partial charge < -0.3 is 10.1 Å². The number of rotatable bonds is 7. The Morgan fingerprint density at radius 1 is 1.33 bits per heavy atom. The number of morpholine rings is 1. The summed E-state index contributed by atoms with van der Waals surface area (Å²) in [5.74, 6) is -0.0334. The molecule has 6 nitrogen and oxygen atoms in total. The van der Waals surface area contributed by atoms with Crippen molar-refractivity contribution in [2.75, 3.05) is 32.8 Å². The van der Waals surface area contributed by atoms with E-state index in [1.165, 1.54) is 12.5 Å². The van der Waals surface area contributed by atoms with Crippen LogP contribution in [0.25, 0.3) is 6.08 Å². The summed E-state index contributed by atoms with van der Waals surface area (Å²) in [5, 5.41) is 2.78. The third-order valence-electron chi connectivity index (χ3n) is 4.41. The van der Waals surface area contributed by atoms with Gasteiger partial charge in [-0.3, -0.25) is 19.7 Å². The van der Waals surface area contributed by atoms with Crippen molar-refractivity contribution in [2.45, 2.75) is 19.4 Å². The lowest BCUT2D eigenvalue weighted by Crippen LogP contribution is -2.38. The van der Waals surface area contributed by atoms with E-state index in [1.807, 2.05) is 18.2 Å². The van der Waals surface area contributed by atoms with Crippen LogP contribution in [0.4, 0.5) is 0 Å². The first kappa shape index (κ1) is 19.2. The minimum Gasteiger partial charge on any atom is -0.369 e. The molecule has 1 aliphatic heterocycles. The van der Waals surface area contributed by atoms with Crippen LogP contribution >= 0.6 is 0 Å². The van der Waals surface area contributed by atoms with Crippen LogP contribution in [0.5, 0.6) is 0 Å². The Hall–Kier alpha value is -2.57. The fourth-order valence-electron chi connectivity index (χ4n) is 3.01. The van der Waals surface area contributed by atoms with E-state index in [9.17, 15) is 4.79 Å². The molecule has 27 heavy (non-hydrogen) atoms. The number of carbonyl (C=O) groups excluding carboxylic acids is 1. The van der Waals surface area contributed by atoms with Crippen LogP contribution in [0.3, 0.4) is 0 Å². The van der Waals surface area contributed by atoms with Gasteiger partial charge in [-0.15, -0.1) is 0 Å². The second-order valence-corrected chi connectivity index (χ2v) is 6.60. The van der Waals surface area contributed by atoms with E-state index >= 15 is 0 Å². The number of benzene rings is 1. The molecule has 3 rings (SSSR count). The summed E-state index contributed by atoms with van der Waals surface area (Å²) in [4.78, 5) is 22.3. The summed E-state index contributed by atoms with van der Waals surface area (Å²) in [6.07, 6.45) is 8.44. The molecular weight excluding hydrogens is 340 g/mol. The second-order valence-electron chi connectivity index (χ2n) is 6.60. The van der Waals surface area contributed by atoms with Gasteiger partial charge in [0.05, 0.1) is 24.2 Å². The Kier molecular flexibility index (Phi) is 7.07. The van der Waals surface area contributed by atoms with Crippen molar-refractivity contribution >= 4 is 12.0 Å². The molecule has 0 spiro atoms. The van der Waals surface area contributed by atoms with Gasteiger partial charge in [-0.25, -0.2) is 0 Å². The van der Waals surface area contributed by atoms with Crippen LogP contribution in [-0.4, -0.2) is 53.6 Å². The first-order valence-electron chi connectivity index (χ1n) is 9.31. The molecule has 1 aliphatic rings. The number of hydrogen-bond acceptors (Lipinski definition) is 5. The van der Waals surface area contributed by atoms with Gasteiger partial charge in [0.2, 0.25) is 5.91 Å². The third kappa shape index (κ3) is 6.27. The summed E-state index contributed by atoms with van der Waals surface area (Å²) in [5.41, 5.74) is 2.93. The van der Waals surface area contributed by atoms with Crippen molar-refractivity contribution in [3.05, 3.63) is 65.8 Å². The van der Waals surface area contributed by atoms with Gasteiger partial charge in [0.25, 0.3) is 0 Å². The van der Waals surface area contributed by atoms with Crippen LogP contribution in [0.2, 0.25) is 0 Å². The smallest absolute Gasteiger partial charge is 0.216 e. The summed E-state index contributed by atoms with van der Waals surface area (Å²) < 4.78 is 5.92. The Morgan fingerprint density at radius 2 is 2.19 bits per heavy atom. The van der Waals surface area contributed by atoms with Crippen LogP contribution in [0.15, 0.2) is 48.8 Å². The molecule has 0 bridgehead atoms. The zero-order valence-corrected chi connectivity index (χ0v) is 15.7. The van der Waals surface area contributed by atoms with Gasteiger partial charge in [0.15, 0.2) is 0 Å². The lowest BCUT2D eigenvalue weighted by Gasteiger charge is -2.31. The number of aromatic nitrogens is 2. The minimum atomic E-state index is -0.0721. The Morgan fingerprint density at radius 3 is 3.00 bits per heavy atom. The molecule has 0 saturated carbocycles. The molecule has 6 heteroatoms. The molecule has 1 fully saturated rings. The number of nitrogens with one attached hydrogen (secondary N) is 1. The Labute approximate surface area is 160 Å². The highest BCUT2D eigenvalue weighted by Gasteiger charge is 2.22. The number of ether oxygens (including phenoxy) is 1. The van der Waals surface area contributed by atoms with Gasteiger partial charge >= 0.3 is 0 Å². The average molecular weight is 366 g/mol. The maximum Gasteiger partial charge on any atom is 0.216 e. The van der Waals surface area contributed by atoms with Crippen molar-refractivity contribution in [1.82, 2.24) is 20.2 Å². The van der Waals surface area contributed by atoms with Gasteiger partial charge in [-0.2, -0.15) is 0 Å². The maximum atomic E-state index is 11.0. The van der Waals surface area contributed by atoms with E-state index in [1.54, 1.807) is 12.4 Å². The lowest BCUT2D eigenvalue weighted by molar-refractivity contribution is -0.118. The fraction of sp³-hybridized carbons (Fsp3) is 0.381. The summed E-state index contributed by atoms with van der Waals surface area (Å²) >= 11 is 0. The number of amides is 1. The van der Waals surface area contributed by atoms with Crippen molar-refractivity contribution in [3.8, 4) is 0 Å². The predicted octanol–water partition coefficient (Wildman–Crippen LogP) is 2.24. The van der Waals surface area contributed by atoms with E-state index in [-0.39, 0.29) is 12.0 Å². The van der Waals surface area contributed by atoms with Gasteiger partial charge in [0, 0.05) is 45.7 Å². The second kappa shape index (κ2) is 9.94. The highest BCUT2D eigenvalue weighted by atomic mass is 16.5. The molecule has 1 saturated heterocycles. The van der Waals surface area contributed by atoms with E-state index in [4.69, 9.17) is 4.74 Å². The van der Waals surface area contributed by atoms with Gasteiger partial charge in [-0.1, -0.05) is 42.5 Å². The zero-order valence-electron chi connectivity index (χ0n) is 15.7. The van der Waals surface area contributed by atoms with Crippen molar-refractivity contribution in [2.24, 2.45) is 0 Å². The van der Waals surface area contributed by atoms with Crippen molar-refractivity contribution in [1.29, 1.82) is 0 Å². The van der Waals surface area contributed by atoms with E-state index in [0.717, 1.165) is 31.0 Å². The van der Waals surface area contributed by atoms with Crippen LogP contribution < -0.4 is 5.32 Å². The Balaban J connectivity index is 1.54. The first-order chi connectivity index (χ1) is 13.2. The quantitative estimate of drug-likeness (QED) is 0.814. The molecule has 1 N–H and O–H groups in total. The third-order valence-corrected chi connectivity index (χ3v) is 4.41. The van der Waals surface area contributed by atoms with Crippen molar-refractivity contribution in [3.63, 3.8) is 0 Å². The molecule has 0 aliphatic carbocycles. The van der Waals surface area contributed by atoms with E-state index in [2.05, 4.69) is 44.5 Å². The highest BCUT2D eigenvalue weighted by molar-refractivity contribution is 5.72. The minimum absolute atomic E-state index is 0.0334. The summed E-state index contributed by atoms with van der Waals surface area (Å²) in [6, 6.07) is 10.3. The highest BCUT2D eigenvalue weighted by Crippen LogP contribution is 2.20. The number of hydrogen-bond donors (Lipinski definition) is 1. The summed E-state index contributed by atoms with van der Waals surface area (Å²) in [7, 11) is 0. The normalized spacial score (nSPS) is 17.9. The molecule has 1 aromatic heterocycles. The van der Waals surface area contributed by atoms with Crippen LogP contribution in [0.1, 0.15) is 30.0 Å². The zero-order chi connectivity index (χ0) is 18.9. The van der Waals surface area contributed by atoms with E-state index in [0.29, 0.717) is 19.6 Å². The van der Waals surface area contributed by atoms with Crippen LogP contribution in [0, 0.1) is 0 Å². The maximum absolute atomic E-state index is 11.0. The molecule has 1 atom stereocenters. The van der Waals surface area contributed by atoms with Gasteiger partial charge in [0.1, 0.15) is 6.10 Å². The molecule has 1 unspecified atom stereocenters. The topological polar surface area (TPSA) is 67.4 Å². The average Bonchev–Trinajstić information content (AvgIpc) is 2.69. The molecule has 1 amide bonds. The Bertz CT molecular complexity index is 764. The number of carbonyl (C=O) groups is 1. The fourth-order valence-corrected chi connectivity index (χ4v) is 3.01. The SMILES string of the molecule is CC(=O)NCCc1cncc(C2CN(C/C=C/c3ccccc3)CCO2)n1. The molecular formula is C21H26N4O2. The molecule has 0 radical (unpaired) electrons. The standard InChI is InChI=1S/C21H26N4O2/c1-17(26)23-10-9-19-14-22-15-20(24-19)21-16-25(12-13-27-21)11-5-8-18-6-3-2-4-7-18/h2-8,14-15,21H,9-13,16H2,1H3,(H,23,26)/b8-5+. The van der Waals surface area contributed by atoms with Crippen LogP contribution in [-0.2, 0) is 16.0 Å². The molecule has 2 aromatic rings. The summed E-state index contributed by atoms with van der Waals surface area (Å²) in [6.45, 7) is 5.34. The largest absolute Gasteiger partial charge is 0.369 e. The van der Waals surface area contributed by atoms with E-state index < -0.39 is 0 Å². The lowest BCUT2D eigenvalue weighted by atomic mass is 10.2. The predicted molar refractivity (Wildman–Crippen MR) is 105 cm³/mol.